The Bertz CT molecular complexity index is 1340. The molecule has 0 aliphatic carbocycles. The van der Waals surface area contributed by atoms with Gasteiger partial charge in [-0.2, -0.15) is 5.10 Å². The molecule has 4 aromatic rings. The number of aryl methyl sites for hydroxylation is 1. The smallest absolute Gasteiger partial charge is 0.182 e. The van der Waals surface area contributed by atoms with E-state index in [0.717, 1.165) is 50.7 Å². The van der Waals surface area contributed by atoms with Gasteiger partial charge in [-0.3, -0.25) is 0 Å². The fourth-order valence-electron chi connectivity index (χ4n) is 3.83. The minimum atomic E-state index is -2.48. The van der Waals surface area contributed by atoms with Crippen LogP contribution in [0.25, 0.3) is 32.2 Å². The zero-order chi connectivity index (χ0) is 22.1. The number of thiol groups is 1. The highest BCUT2D eigenvalue weighted by molar-refractivity contribution is 7.71. The molecule has 10 heteroatoms. The van der Waals surface area contributed by atoms with Gasteiger partial charge in [0.25, 0.3) is 0 Å². The summed E-state index contributed by atoms with van der Waals surface area (Å²) in [7, 11) is -2.48. The van der Waals surface area contributed by atoms with Gasteiger partial charge in [-0.1, -0.05) is 18.2 Å². The summed E-state index contributed by atoms with van der Waals surface area (Å²) in [6, 6.07) is 11.4. The SMILES string of the molecule is Cc1c(-c2cccc(C[SH](=O)=O)c2)sc2c(N3CCOCC3)nc(-c3cccnn3)nc12. The second-order valence-electron chi connectivity index (χ2n) is 7.50. The topological polar surface area (TPSA) is 98.2 Å². The maximum absolute atomic E-state index is 11.2. The Morgan fingerprint density at radius 2 is 1.97 bits per heavy atom. The molecule has 3 aromatic heterocycles. The van der Waals surface area contributed by atoms with Gasteiger partial charge >= 0.3 is 0 Å². The number of hydrogen-bond acceptors (Lipinski definition) is 9. The van der Waals surface area contributed by atoms with Crippen molar-refractivity contribution in [2.24, 2.45) is 0 Å². The Hall–Kier alpha value is -2.95. The van der Waals surface area contributed by atoms with Gasteiger partial charge in [0.2, 0.25) is 0 Å². The number of aromatic nitrogens is 4. The number of morpholine rings is 1. The maximum atomic E-state index is 11.2. The van der Waals surface area contributed by atoms with Gasteiger partial charge in [0, 0.05) is 24.2 Å². The van der Waals surface area contributed by atoms with Crippen molar-refractivity contribution in [2.75, 3.05) is 31.2 Å². The van der Waals surface area contributed by atoms with E-state index < -0.39 is 10.7 Å². The average Bonchev–Trinajstić information content (AvgIpc) is 3.16. The first-order valence-corrected chi connectivity index (χ1v) is 12.4. The first kappa shape index (κ1) is 20.9. The van der Waals surface area contributed by atoms with Gasteiger partial charge in [0.15, 0.2) is 11.6 Å². The van der Waals surface area contributed by atoms with E-state index in [4.69, 9.17) is 14.7 Å². The predicted octanol–water partition coefficient (Wildman–Crippen LogP) is 3.07. The summed E-state index contributed by atoms with van der Waals surface area (Å²) in [5, 5.41) is 8.18. The van der Waals surface area contributed by atoms with Crippen LogP contribution in [-0.4, -0.2) is 54.9 Å². The summed E-state index contributed by atoms with van der Waals surface area (Å²) in [4.78, 5) is 13.0. The van der Waals surface area contributed by atoms with Crippen molar-refractivity contribution in [3.8, 4) is 22.0 Å². The van der Waals surface area contributed by atoms with Gasteiger partial charge in [0.1, 0.15) is 16.4 Å². The van der Waals surface area contributed by atoms with Crippen LogP contribution in [0.1, 0.15) is 11.1 Å². The lowest BCUT2D eigenvalue weighted by molar-refractivity contribution is 0.122. The van der Waals surface area contributed by atoms with Crippen LogP contribution in [-0.2, 0) is 21.2 Å². The van der Waals surface area contributed by atoms with Crippen LogP contribution < -0.4 is 4.90 Å². The molecule has 0 bridgehead atoms. The Kier molecular flexibility index (Phi) is 5.81. The van der Waals surface area contributed by atoms with E-state index in [0.29, 0.717) is 24.7 Å². The van der Waals surface area contributed by atoms with Crippen LogP contribution >= 0.6 is 11.3 Å². The number of fused-ring (bicyclic) bond motifs is 1. The molecule has 4 heterocycles. The van der Waals surface area contributed by atoms with Gasteiger partial charge in [-0.15, -0.1) is 16.4 Å². The van der Waals surface area contributed by atoms with Crippen molar-refractivity contribution in [3.63, 3.8) is 0 Å². The summed E-state index contributed by atoms with van der Waals surface area (Å²) in [6.07, 6.45) is 1.63. The van der Waals surface area contributed by atoms with E-state index >= 15 is 0 Å². The first-order chi connectivity index (χ1) is 15.6. The maximum Gasteiger partial charge on any atom is 0.182 e. The van der Waals surface area contributed by atoms with Gasteiger partial charge in [-0.05, 0) is 41.8 Å². The molecular formula is C22H21N5O3S2. The second-order valence-corrected chi connectivity index (χ2v) is 9.51. The third kappa shape index (κ3) is 4.08. The molecular weight excluding hydrogens is 446 g/mol. The molecule has 0 spiro atoms. The van der Waals surface area contributed by atoms with E-state index in [-0.39, 0.29) is 5.75 Å². The number of rotatable bonds is 5. The van der Waals surface area contributed by atoms with Crippen molar-refractivity contribution < 1.29 is 13.2 Å². The molecule has 0 unspecified atom stereocenters. The number of hydrogen-bond donors (Lipinski definition) is 1. The van der Waals surface area contributed by atoms with E-state index in [1.807, 2.05) is 43.3 Å². The zero-order valence-electron chi connectivity index (χ0n) is 17.4. The van der Waals surface area contributed by atoms with Crippen LogP contribution in [0.15, 0.2) is 42.6 Å². The van der Waals surface area contributed by atoms with Crippen molar-refractivity contribution >= 4 is 38.1 Å². The van der Waals surface area contributed by atoms with Gasteiger partial charge in [0.05, 0.1) is 29.2 Å². The summed E-state index contributed by atoms with van der Waals surface area (Å²) in [5.74, 6) is 1.44. The van der Waals surface area contributed by atoms with Gasteiger partial charge < -0.3 is 9.64 Å². The van der Waals surface area contributed by atoms with Crippen LogP contribution in [0.5, 0.6) is 0 Å². The Morgan fingerprint density at radius 3 is 2.72 bits per heavy atom. The highest BCUT2D eigenvalue weighted by Gasteiger charge is 2.23. The monoisotopic (exact) mass is 467 g/mol. The lowest BCUT2D eigenvalue weighted by Gasteiger charge is -2.28. The third-order valence-corrected chi connectivity index (χ3v) is 7.31. The molecule has 0 radical (unpaired) electrons. The van der Waals surface area contributed by atoms with Crippen LogP contribution in [0, 0.1) is 6.92 Å². The fourth-order valence-corrected chi connectivity index (χ4v) is 5.59. The number of nitrogens with zero attached hydrogens (tertiary/aromatic N) is 5. The van der Waals surface area contributed by atoms with E-state index in [2.05, 4.69) is 15.1 Å². The normalized spacial score (nSPS) is 14.4. The fraction of sp³-hybridized carbons (Fsp3) is 0.273. The summed E-state index contributed by atoms with van der Waals surface area (Å²) in [5.41, 5.74) is 4.29. The lowest BCUT2D eigenvalue weighted by atomic mass is 10.1. The minimum absolute atomic E-state index is 0.0305. The number of benzene rings is 1. The molecule has 32 heavy (non-hydrogen) atoms. The van der Waals surface area contributed by atoms with Crippen LogP contribution in [0.3, 0.4) is 0 Å². The quantitative estimate of drug-likeness (QED) is 0.447. The van der Waals surface area contributed by atoms with Crippen LogP contribution in [0.2, 0.25) is 0 Å². The standard InChI is InChI=1S/C22H21N5O3S2/c1-14-18-20(31-19(14)16-5-2-4-15(12-16)13-32(28)29)22(27-8-10-30-11-9-27)25-21(24-18)17-6-3-7-23-26-17/h2-7,12,32H,8-11,13H2,1H3. The molecule has 5 rings (SSSR count). The molecule has 0 N–H and O–H groups in total. The molecule has 0 atom stereocenters. The summed E-state index contributed by atoms with van der Waals surface area (Å²) < 4.78 is 29.0. The molecule has 0 amide bonds. The third-order valence-electron chi connectivity index (χ3n) is 5.36. The highest BCUT2D eigenvalue weighted by atomic mass is 32.2. The number of anilines is 1. The molecule has 164 valence electrons. The molecule has 1 aliphatic heterocycles. The lowest BCUT2D eigenvalue weighted by Crippen LogP contribution is -2.36. The van der Waals surface area contributed by atoms with Crippen molar-refractivity contribution in [3.05, 3.63) is 53.7 Å². The van der Waals surface area contributed by atoms with E-state index in [1.54, 1.807) is 17.5 Å². The highest BCUT2D eigenvalue weighted by Crippen LogP contribution is 2.42. The molecule has 8 nitrogen and oxygen atoms in total. The summed E-state index contributed by atoms with van der Waals surface area (Å²) >= 11 is 1.63. The molecule has 1 fully saturated rings. The van der Waals surface area contributed by atoms with Crippen molar-refractivity contribution in [1.82, 2.24) is 20.2 Å². The molecule has 1 aliphatic rings. The average molecular weight is 468 g/mol. The number of thiophene rings is 1. The second kappa shape index (κ2) is 8.89. The van der Waals surface area contributed by atoms with E-state index in [9.17, 15) is 8.42 Å². The predicted molar refractivity (Wildman–Crippen MR) is 126 cm³/mol. The Labute approximate surface area is 190 Å². The van der Waals surface area contributed by atoms with Crippen molar-refractivity contribution in [1.29, 1.82) is 0 Å². The Balaban J connectivity index is 1.69. The zero-order valence-corrected chi connectivity index (χ0v) is 19.1. The molecule has 1 aromatic carbocycles. The largest absolute Gasteiger partial charge is 0.378 e. The van der Waals surface area contributed by atoms with Crippen molar-refractivity contribution in [2.45, 2.75) is 12.7 Å². The van der Waals surface area contributed by atoms with Gasteiger partial charge in [-0.25, -0.2) is 18.4 Å². The Morgan fingerprint density at radius 1 is 1.12 bits per heavy atom. The van der Waals surface area contributed by atoms with E-state index in [1.165, 1.54) is 0 Å². The first-order valence-electron chi connectivity index (χ1n) is 10.2. The molecule has 0 saturated carbocycles. The number of ether oxygens (including phenoxy) is 1. The van der Waals surface area contributed by atoms with Crippen LogP contribution in [0.4, 0.5) is 5.82 Å². The molecule has 1 saturated heterocycles. The summed E-state index contributed by atoms with van der Waals surface area (Å²) in [6.45, 7) is 4.86. The minimum Gasteiger partial charge on any atom is -0.378 e.